The van der Waals surface area contributed by atoms with Crippen molar-refractivity contribution in [2.45, 2.75) is 26.9 Å². The Balaban J connectivity index is 2.41. The van der Waals surface area contributed by atoms with Crippen LogP contribution in [0.4, 0.5) is 5.69 Å². The molecule has 0 aliphatic carbocycles. The van der Waals surface area contributed by atoms with E-state index >= 15 is 0 Å². The van der Waals surface area contributed by atoms with E-state index in [1.54, 1.807) is 7.11 Å². The summed E-state index contributed by atoms with van der Waals surface area (Å²) in [5.41, 5.74) is 8.40. The average Bonchev–Trinajstić information content (AvgIpc) is 2.78. The first-order valence-corrected chi connectivity index (χ1v) is 6.26. The highest BCUT2D eigenvalue weighted by Crippen LogP contribution is 2.30. The number of ether oxygens (including phenoxy) is 1. The molecular formula is C14H19N3O2. The minimum atomic E-state index is -0.178. The van der Waals surface area contributed by atoms with Gasteiger partial charge in [0.15, 0.2) is 0 Å². The molecule has 5 heteroatoms. The molecule has 1 aromatic carbocycles. The van der Waals surface area contributed by atoms with Crippen molar-refractivity contribution in [2.24, 2.45) is 5.92 Å². The summed E-state index contributed by atoms with van der Waals surface area (Å²) in [6, 6.07) is 5.69. The molecule has 0 spiro atoms. The third-order valence-corrected chi connectivity index (χ3v) is 3.07. The minimum Gasteiger partial charge on any atom is -0.398 e. The highest BCUT2D eigenvalue weighted by Gasteiger charge is 2.22. The van der Waals surface area contributed by atoms with Crippen LogP contribution < -0.4 is 5.73 Å². The van der Waals surface area contributed by atoms with Gasteiger partial charge in [-0.2, -0.15) is 4.98 Å². The van der Waals surface area contributed by atoms with Gasteiger partial charge in [-0.15, -0.1) is 0 Å². The molecule has 0 saturated carbocycles. The van der Waals surface area contributed by atoms with Crippen molar-refractivity contribution in [3.05, 3.63) is 29.6 Å². The lowest BCUT2D eigenvalue weighted by Crippen LogP contribution is -2.10. The number of hydrogen-bond acceptors (Lipinski definition) is 5. The molecule has 5 nitrogen and oxygen atoms in total. The van der Waals surface area contributed by atoms with Crippen molar-refractivity contribution >= 4 is 5.69 Å². The number of rotatable bonds is 4. The Hall–Kier alpha value is -1.88. The quantitative estimate of drug-likeness (QED) is 0.856. The average molecular weight is 261 g/mol. The summed E-state index contributed by atoms with van der Waals surface area (Å²) >= 11 is 0. The lowest BCUT2D eigenvalue weighted by atomic mass is 10.1. The van der Waals surface area contributed by atoms with Gasteiger partial charge in [0.25, 0.3) is 5.89 Å². The van der Waals surface area contributed by atoms with Gasteiger partial charge in [0.2, 0.25) is 5.82 Å². The van der Waals surface area contributed by atoms with Crippen LogP contribution in [0.5, 0.6) is 0 Å². The topological polar surface area (TPSA) is 74.2 Å². The van der Waals surface area contributed by atoms with Gasteiger partial charge in [0, 0.05) is 12.8 Å². The van der Waals surface area contributed by atoms with E-state index in [4.69, 9.17) is 15.0 Å². The molecule has 0 saturated heterocycles. The van der Waals surface area contributed by atoms with Crippen LogP contribution in [0.25, 0.3) is 11.5 Å². The van der Waals surface area contributed by atoms with Gasteiger partial charge < -0.3 is 15.0 Å². The van der Waals surface area contributed by atoms with E-state index in [0.29, 0.717) is 17.4 Å². The molecule has 0 amide bonds. The maximum absolute atomic E-state index is 5.97. The number of hydrogen-bond donors (Lipinski definition) is 1. The molecule has 0 radical (unpaired) electrons. The molecule has 2 aromatic rings. The van der Waals surface area contributed by atoms with Crippen LogP contribution in [0, 0.1) is 12.8 Å². The van der Waals surface area contributed by atoms with Gasteiger partial charge >= 0.3 is 0 Å². The van der Waals surface area contributed by atoms with Gasteiger partial charge in [-0.05, 0) is 24.5 Å². The maximum Gasteiger partial charge on any atom is 0.260 e. The fraction of sp³-hybridized carbons (Fsp3) is 0.429. The third-order valence-electron chi connectivity index (χ3n) is 3.07. The second kappa shape index (κ2) is 5.40. The predicted octanol–water partition coefficient (Wildman–Crippen LogP) is 2.97. The molecule has 19 heavy (non-hydrogen) atoms. The van der Waals surface area contributed by atoms with Crippen molar-refractivity contribution in [3.8, 4) is 11.5 Å². The smallest absolute Gasteiger partial charge is 0.260 e. The third kappa shape index (κ3) is 2.61. The monoisotopic (exact) mass is 261 g/mol. The molecule has 1 unspecified atom stereocenters. The van der Waals surface area contributed by atoms with Crippen LogP contribution in [0.2, 0.25) is 0 Å². The molecule has 1 heterocycles. The van der Waals surface area contributed by atoms with Crippen molar-refractivity contribution in [2.75, 3.05) is 12.8 Å². The molecule has 0 aliphatic rings. The molecule has 1 aromatic heterocycles. The van der Waals surface area contributed by atoms with Crippen LogP contribution in [0.15, 0.2) is 22.7 Å². The minimum absolute atomic E-state index is 0.178. The Labute approximate surface area is 112 Å². The first-order valence-electron chi connectivity index (χ1n) is 6.26. The highest BCUT2D eigenvalue weighted by molar-refractivity contribution is 5.73. The molecule has 2 N–H and O–H groups in total. The summed E-state index contributed by atoms with van der Waals surface area (Å²) in [4.78, 5) is 4.41. The van der Waals surface area contributed by atoms with E-state index in [1.807, 2.05) is 39.0 Å². The summed E-state index contributed by atoms with van der Waals surface area (Å²) in [6.45, 7) is 6.06. The lowest BCUT2D eigenvalue weighted by molar-refractivity contribution is 0.0556. The van der Waals surface area contributed by atoms with E-state index in [-0.39, 0.29) is 12.0 Å². The molecule has 0 bridgehead atoms. The zero-order chi connectivity index (χ0) is 14.0. The van der Waals surface area contributed by atoms with E-state index in [9.17, 15) is 0 Å². The van der Waals surface area contributed by atoms with Crippen LogP contribution in [0.1, 0.15) is 31.3 Å². The number of nitrogens with zero attached hydrogens (tertiary/aromatic N) is 2. The van der Waals surface area contributed by atoms with E-state index in [1.165, 1.54) is 0 Å². The van der Waals surface area contributed by atoms with Crippen LogP contribution >= 0.6 is 0 Å². The fourth-order valence-electron chi connectivity index (χ4n) is 2.11. The first kappa shape index (κ1) is 13.5. The number of aromatic nitrogens is 2. The van der Waals surface area contributed by atoms with Crippen molar-refractivity contribution in [1.82, 2.24) is 10.1 Å². The molecular weight excluding hydrogens is 242 g/mol. The summed E-state index contributed by atoms with van der Waals surface area (Å²) < 4.78 is 10.7. The zero-order valence-electron chi connectivity index (χ0n) is 11.7. The molecule has 0 fully saturated rings. The van der Waals surface area contributed by atoms with Crippen LogP contribution in [0.3, 0.4) is 0 Å². The van der Waals surface area contributed by atoms with Crippen molar-refractivity contribution in [1.29, 1.82) is 0 Å². The summed E-state index contributed by atoms with van der Waals surface area (Å²) in [6.07, 6.45) is -0.178. The largest absolute Gasteiger partial charge is 0.398 e. The van der Waals surface area contributed by atoms with Crippen molar-refractivity contribution in [3.63, 3.8) is 0 Å². The Morgan fingerprint density at radius 2 is 2.05 bits per heavy atom. The SMILES string of the molecule is COC(c1noc(-c2c(C)cccc2N)n1)C(C)C. The maximum atomic E-state index is 5.97. The number of methoxy groups -OCH3 is 1. The standard InChI is InChI=1S/C14H19N3O2/c1-8(2)12(18-4)13-16-14(19-17-13)11-9(3)6-5-7-10(11)15/h5-8,12H,15H2,1-4H3. The number of anilines is 1. The summed E-state index contributed by atoms with van der Waals surface area (Å²) in [5.74, 6) is 1.26. The Bertz CT molecular complexity index is 543. The summed E-state index contributed by atoms with van der Waals surface area (Å²) in [7, 11) is 1.64. The van der Waals surface area contributed by atoms with Gasteiger partial charge in [-0.3, -0.25) is 0 Å². The van der Waals surface area contributed by atoms with Crippen LogP contribution in [-0.4, -0.2) is 17.3 Å². The van der Waals surface area contributed by atoms with Gasteiger partial charge in [-0.1, -0.05) is 31.1 Å². The second-order valence-corrected chi connectivity index (χ2v) is 4.90. The molecule has 1 atom stereocenters. The van der Waals surface area contributed by atoms with E-state index in [2.05, 4.69) is 10.1 Å². The Morgan fingerprint density at radius 3 is 2.63 bits per heavy atom. The van der Waals surface area contributed by atoms with Gasteiger partial charge in [-0.25, -0.2) is 0 Å². The first-order chi connectivity index (χ1) is 9.04. The normalized spacial score (nSPS) is 12.9. The number of nitrogen functional groups attached to an aromatic ring is 1. The Kier molecular flexibility index (Phi) is 3.85. The summed E-state index contributed by atoms with van der Waals surface area (Å²) in [5, 5.41) is 4.00. The predicted molar refractivity (Wildman–Crippen MR) is 73.5 cm³/mol. The van der Waals surface area contributed by atoms with E-state index < -0.39 is 0 Å². The zero-order valence-corrected chi connectivity index (χ0v) is 11.7. The second-order valence-electron chi connectivity index (χ2n) is 4.90. The van der Waals surface area contributed by atoms with Crippen molar-refractivity contribution < 1.29 is 9.26 Å². The fourth-order valence-corrected chi connectivity index (χ4v) is 2.11. The molecule has 2 rings (SSSR count). The number of nitrogens with two attached hydrogens (primary N) is 1. The van der Waals surface area contributed by atoms with E-state index in [0.717, 1.165) is 11.1 Å². The van der Waals surface area contributed by atoms with Gasteiger partial charge in [0.1, 0.15) is 6.10 Å². The molecule has 0 aliphatic heterocycles. The molecule has 102 valence electrons. The lowest BCUT2D eigenvalue weighted by Gasteiger charge is -2.14. The number of aryl methyl sites for hydroxylation is 1. The number of benzene rings is 1. The highest BCUT2D eigenvalue weighted by atomic mass is 16.5. The Morgan fingerprint density at radius 1 is 1.32 bits per heavy atom. The van der Waals surface area contributed by atoms with Crippen LogP contribution in [-0.2, 0) is 4.74 Å². The van der Waals surface area contributed by atoms with Gasteiger partial charge in [0.05, 0.1) is 5.56 Å².